The van der Waals surface area contributed by atoms with Gasteiger partial charge >= 0.3 is 5.91 Å². The molecule has 5 nitrogen and oxygen atoms in total. The van der Waals surface area contributed by atoms with Gasteiger partial charge in [-0.3, -0.25) is 4.79 Å². The van der Waals surface area contributed by atoms with Gasteiger partial charge in [-0.1, -0.05) is 32.4 Å². The summed E-state index contributed by atoms with van der Waals surface area (Å²) in [6, 6.07) is 7.53. The van der Waals surface area contributed by atoms with Gasteiger partial charge in [-0.15, -0.1) is 0 Å². The van der Waals surface area contributed by atoms with Crippen molar-refractivity contribution in [2.75, 3.05) is 0 Å². The smallest absolute Gasteiger partial charge is 0.301 e. The molecule has 3 rings (SSSR count). The lowest BCUT2D eigenvalue weighted by atomic mass is 10.3. The van der Waals surface area contributed by atoms with E-state index in [0.717, 1.165) is 14.7 Å². The molecule has 0 radical (unpaired) electrons. The third-order valence-corrected chi connectivity index (χ3v) is 4.40. The van der Waals surface area contributed by atoms with E-state index in [2.05, 4.69) is 26.1 Å². The van der Waals surface area contributed by atoms with Crippen LogP contribution in [0.5, 0.6) is 0 Å². The van der Waals surface area contributed by atoms with Gasteiger partial charge in [-0.05, 0) is 25.1 Å². The van der Waals surface area contributed by atoms with Gasteiger partial charge in [0.25, 0.3) is 0 Å². The minimum Gasteiger partial charge on any atom is -0.361 e. The van der Waals surface area contributed by atoms with E-state index in [4.69, 9.17) is 4.52 Å². The zero-order chi connectivity index (χ0) is 14.3. The summed E-state index contributed by atoms with van der Waals surface area (Å²) in [6.45, 7) is 1.74. The summed E-state index contributed by atoms with van der Waals surface area (Å²) in [5.41, 5.74) is 1.25. The number of carbonyl (C=O) groups is 1. The average Bonchev–Trinajstić information content (AvgIpc) is 2.95. The lowest BCUT2D eigenvalue weighted by Crippen LogP contribution is -2.13. The number of fused-ring (bicyclic) bond motifs is 1. The number of carbonyl (C=O) groups excluding carboxylic acids is 1. The molecular formula is C13H10BrN3O2S. The Morgan fingerprint density at radius 1 is 1.45 bits per heavy atom. The molecule has 7 heteroatoms. The van der Waals surface area contributed by atoms with Crippen LogP contribution < -0.4 is 4.80 Å². The van der Waals surface area contributed by atoms with Crippen LogP contribution in [0.15, 0.2) is 38.3 Å². The molecule has 3 aromatic rings. The Hall–Kier alpha value is -1.73. The van der Waals surface area contributed by atoms with E-state index in [1.54, 1.807) is 13.0 Å². The van der Waals surface area contributed by atoms with Crippen molar-refractivity contribution in [3.63, 3.8) is 0 Å². The number of halogens is 1. The van der Waals surface area contributed by atoms with Gasteiger partial charge in [-0.25, -0.2) is 0 Å². The Morgan fingerprint density at radius 3 is 2.95 bits per heavy atom. The minimum absolute atomic E-state index is 0.223. The summed E-state index contributed by atoms with van der Waals surface area (Å²) in [5, 5.41) is 3.68. The number of thiazole rings is 1. The Balaban J connectivity index is 2.12. The highest BCUT2D eigenvalue weighted by molar-refractivity contribution is 9.10. The number of aryl methyl sites for hydroxylation is 2. The quantitative estimate of drug-likeness (QED) is 0.676. The van der Waals surface area contributed by atoms with Gasteiger partial charge in [0, 0.05) is 17.6 Å². The number of benzene rings is 1. The molecule has 0 bridgehead atoms. The van der Waals surface area contributed by atoms with Crippen molar-refractivity contribution >= 4 is 43.4 Å². The van der Waals surface area contributed by atoms with Crippen molar-refractivity contribution in [3.05, 3.63) is 45.0 Å². The first-order valence-corrected chi connectivity index (χ1v) is 7.43. The second kappa shape index (κ2) is 4.99. The molecule has 0 aliphatic rings. The molecule has 0 saturated heterocycles. The van der Waals surface area contributed by atoms with Crippen LogP contribution in [0, 0.1) is 6.92 Å². The fourth-order valence-electron chi connectivity index (χ4n) is 1.83. The van der Waals surface area contributed by atoms with E-state index in [0.29, 0.717) is 10.6 Å². The summed E-state index contributed by atoms with van der Waals surface area (Å²) in [6.07, 6.45) is 0. The van der Waals surface area contributed by atoms with Gasteiger partial charge in [0.15, 0.2) is 10.5 Å². The van der Waals surface area contributed by atoms with E-state index >= 15 is 0 Å². The average molecular weight is 352 g/mol. The Kier molecular flexibility index (Phi) is 3.31. The maximum atomic E-state index is 12.0. The van der Waals surface area contributed by atoms with E-state index < -0.39 is 5.91 Å². The lowest BCUT2D eigenvalue weighted by Gasteiger charge is -1.94. The number of amides is 1. The number of nitrogens with zero attached hydrogens (tertiary/aromatic N) is 3. The summed E-state index contributed by atoms with van der Waals surface area (Å²) < 4.78 is 8.83. The van der Waals surface area contributed by atoms with Gasteiger partial charge in [0.2, 0.25) is 0 Å². The topological polar surface area (TPSA) is 60.4 Å². The molecule has 0 aliphatic heterocycles. The van der Waals surface area contributed by atoms with Crippen molar-refractivity contribution in [1.82, 2.24) is 9.72 Å². The molecule has 0 spiro atoms. The second-order valence-electron chi connectivity index (χ2n) is 4.30. The fourth-order valence-corrected chi connectivity index (χ4v) is 3.39. The SMILES string of the molecule is Cc1cc(C(=O)N=c2sc3cc(Br)ccc3n2C)no1. The zero-order valence-corrected chi connectivity index (χ0v) is 13.2. The molecule has 0 aliphatic carbocycles. The van der Waals surface area contributed by atoms with Crippen LogP contribution in [-0.4, -0.2) is 15.6 Å². The summed E-state index contributed by atoms with van der Waals surface area (Å²) in [5.74, 6) is 0.191. The molecule has 20 heavy (non-hydrogen) atoms. The number of hydrogen-bond acceptors (Lipinski definition) is 4. The first-order valence-electron chi connectivity index (χ1n) is 5.82. The predicted octanol–water partition coefficient (Wildman–Crippen LogP) is 3.04. The fraction of sp³-hybridized carbons (Fsp3) is 0.154. The standard InChI is InChI=1S/C13H10BrN3O2S/c1-7-5-9(16-19-7)12(18)15-13-17(2)10-4-3-8(14)6-11(10)20-13/h3-6H,1-2H3. The van der Waals surface area contributed by atoms with Crippen LogP contribution in [0.3, 0.4) is 0 Å². The number of hydrogen-bond donors (Lipinski definition) is 0. The Labute approximate surface area is 126 Å². The summed E-state index contributed by atoms with van der Waals surface area (Å²) >= 11 is 4.89. The van der Waals surface area contributed by atoms with E-state index in [1.807, 2.05) is 29.8 Å². The molecule has 0 atom stereocenters. The first kappa shape index (κ1) is 13.3. The van der Waals surface area contributed by atoms with Gasteiger partial charge in [0.05, 0.1) is 10.2 Å². The molecule has 0 unspecified atom stereocenters. The van der Waals surface area contributed by atoms with Crippen molar-refractivity contribution in [2.24, 2.45) is 12.0 Å². The van der Waals surface area contributed by atoms with Crippen molar-refractivity contribution in [2.45, 2.75) is 6.92 Å². The first-order chi connectivity index (χ1) is 9.54. The van der Waals surface area contributed by atoms with E-state index in [9.17, 15) is 4.79 Å². The maximum absolute atomic E-state index is 12.0. The molecule has 0 N–H and O–H groups in total. The van der Waals surface area contributed by atoms with Crippen LogP contribution in [0.1, 0.15) is 16.2 Å². The highest BCUT2D eigenvalue weighted by Gasteiger charge is 2.11. The van der Waals surface area contributed by atoms with Crippen LogP contribution in [0.2, 0.25) is 0 Å². The summed E-state index contributed by atoms with van der Waals surface area (Å²) in [7, 11) is 1.88. The lowest BCUT2D eigenvalue weighted by molar-refractivity contribution is 0.0989. The van der Waals surface area contributed by atoms with Crippen LogP contribution in [0.25, 0.3) is 10.2 Å². The Bertz CT molecular complexity index is 875. The third-order valence-electron chi connectivity index (χ3n) is 2.82. The van der Waals surface area contributed by atoms with Crippen molar-refractivity contribution in [3.8, 4) is 0 Å². The van der Waals surface area contributed by atoms with E-state index in [1.165, 1.54) is 11.3 Å². The number of aromatic nitrogens is 2. The molecule has 0 fully saturated rings. The normalized spacial score (nSPS) is 12.2. The molecule has 2 heterocycles. The molecule has 2 aromatic heterocycles. The van der Waals surface area contributed by atoms with Gasteiger partial charge in [-0.2, -0.15) is 4.99 Å². The largest absolute Gasteiger partial charge is 0.361 e. The van der Waals surface area contributed by atoms with Crippen LogP contribution in [0.4, 0.5) is 0 Å². The molecule has 102 valence electrons. The highest BCUT2D eigenvalue weighted by Crippen LogP contribution is 2.21. The van der Waals surface area contributed by atoms with Crippen molar-refractivity contribution < 1.29 is 9.32 Å². The van der Waals surface area contributed by atoms with Gasteiger partial charge in [0.1, 0.15) is 5.76 Å². The highest BCUT2D eigenvalue weighted by atomic mass is 79.9. The molecular weight excluding hydrogens is 342 g/mol. The molecule has 1 amide bonds. The zero-order valence-electron chi connectivity index (χ0n) is 10.8. The predicted molar refractivity (Wildman–Crippen MR) is 79.6 cm³/mol. The number of rotatable bonds is 1. The third kappa shape index (κ3) is 2.34. The van der Waals surface area contributed by atoms with E-state index in [-0.39, 0.29) is 5.69 Å². The van der Waals surface area contributed by atoms with Crippen molar-refractivity contribution in [1.29, 1.82) is 0 Å². The Morgan fingerprint density at radius 2 is 2.25 bits per heavy atom. The molecule has 0 saturated carbocycles. The maximum Gasteiger partial charge on any atom is 0.301 e. The van der Waals surface area contributed by atoms with Gasteiger partial charge < -0.3 is 9.09 Å². The second-order valence-corrected chi connectivity index (χ2v) is 6.22. The molecule has 1 aromatic carbocycles. The monoisotopic (exact) mass is 351 g/mol. The van der Waals surface area contributed by atoms with Crippen LogP contribution >= 0.6 is 27.3 Å². The van der Waals surface area contributed by atoms with Crippen LogP contribution in [-0.2, 0) is 7.05 Å². The minimum atomic E-state index is -0.400. The summed E-state index contributed by atoms with van der Waals surface area (Å²) in [4.78, 5) is 16.8.